The molecule has 0 unspecified atom stereocenters. The number of nitriles is 1. The average molecular weight is 439 g/mol. The number of nitrogens with one attached hydrogen (secondary N) is 1. The third kappa shape index (κ3) is 4.67. The van der Waals surface area contributed by atoms with Gasteiger partial charge in [0.05, 0.1) is 16.8 Å². The minimum Gasteiger partial charge on any atom is -0.457 e. The minimum absolute atomic E-state index is 0.446. The van der Waals surface area contributed by atoms with Crippen LogP contribution >= 0.6 is 0 Å². The van der Waals surface area contributed by atoms with Crippen LogP contribution in [0, 0.1) is 23.2 Å². The summed E-state index contributed by atoms with van der Waals surface area (Å²) in [7, 11) is 0. The molecular formula is C28H17N5O. The largest absolute Gasteiger partial charge is 0.457 e. The molecule has 0 aliphatic carbocycles. The molecule has 3 aromatic heterocycles. The van der Waals surface area contributed by atoms with Crippen LogP contribution in [0.15, 0.2) is 97.7 Å². The fraction of sp³-hybridized carbons (Fsp3) is 0. The molecule has 160 valence electrons. The molecule has 6 nitrogen and oxygen atoms in total. The zero-order valence-corrected chi connectivity index (χ0v) is 17.9. The summed E-state index contributed by atoms with van der Waals surface area (Å²) < 4.78 is 5.83. The zero-order valence-electron chi connectivity index (χ0n) is 17.9. The smallest absolute Gasteiger partial charge is 0.130 e. The van der Waals surface area contributed by atoms with Crippen molar-refractivity contribution in [1.82, 2.24) is 15.0 Å². The quantitative estimate of drug-likeness (QED) is 0.355. The van der Waals surface area contributed by atoms with Crippen molar-refractivity contribution in [2.45, 2.75) is 0 Å². The zero-order chi connectivity index (χ0) is 23.2. The normalized spacial score (nSPS) is 10.1. The molecule has 6 heteroatoms. The summed E-state index contributed by atoms with van der Waals surface area (Å²) in [6.45, 7) is 0. The highest BCUT2D eigenvalue weighted by atomic mass is 16.5. The predicted octanol–water partition coefficient (Wildman–Crippen LogP) is 5.83. The van der Waals surface area contributed by atoms with E-state index in [9.17, 15) is 5.26 Å². The summed E-state index contributed by atoms with van der Waals surface area (Å²) >= 11 is 0. The van der Waals surface area contributed by atoms with Crippen LogP contribution in [0.3, 0.4) is 0 Å². The Morgan fingerprint density at radius 1 is 0.765 bits per heavy atom. The number of nitrogens with zero attached hydrogens (tertiary/aromatic N) is 4. The van der Waals surface area contributed by atoms with Gasteiger partial charge in [0, 0.05) is 53.2 Å². The van der Waals surface area contributed by atoms with Gasteiger partial charge in [0.25, 0.3) is 0 Å². The first-order valence-electron chi connectivity index (χ1n) is 10.5. The number of hydrogen-bond donors (Lipinski definition) is 1. The van der Waals surface area contributed by atoms with Gasteiger partial charge < -0.3 is 10.1 Å². The van der Waals surface area contributed by atoms with Crippen molar-refractivity contribution in [1.29, 1.82) is 5.26 Å². The molecule has 0 spiro atoms. The first-order chi connectivity index (χ1) is 16.8. The molecule has 0 fully saturated rings. The monoisotopic (exact) mass is 439 g/mol. The molecule has 2 aromatic carbocycles. The van der Waals surface area contributed by atoms with Crippen molar-refractivity contribution in [3.63, 3.8) is 0 Å². The van der Waals surface area contributed by atoms with Crippen molar-refractivity contribution in [3.05, 3.63) is 114 Å². The molecule has 0 saturated heterocycles. The van der Waals surface area contributed by atoms with Crippen LogP contribution < -0.4 is 10.1 Å². The number of hydrogen-bond acceptors (Lipinski definition) is 6. The Labute approximate surface area is 196 Å². The van der Waals surface area contributed by atoms with E-state index in [0.29, 0.717) is 22.7 Å². The van der Waals surface area contributed by atoms with E-state index < -0.39 is 0 Å². The molecule has 0 atom stereocenters. The Kier molecular flexibility index (Phi) is 5.79. The van der Waals surface area contributed by atoms with Gasteiger partial charge in [0.15, 0.2) is 0 Å². The molecule has 0 bridgehead atoms. The molecule has 0 radical (unpaired) electrons. The fourth-order valence-corrected chi connectivity index (χ4v) is 3.36. The lowest BCUT2D eigenvalue weighted by molar-refractivity contribution is 0.482. The second-order valence-electron chi connectivity index (χ2n) is 7.32. The van der Waals surface area contributed by atoms with Crippen LogP contribution in [0.5, 0.6) is 11.5 Å². The Bertz CT molecular complexity index is 1550. The molecule has 5 aromatic rings. The highest BCUT2D eigenvalue weighted by Gasteiger charge is 2.10. The number of aromatic nitrogens is 3. The molecule has 0 aliphatic rings. The average Bonchev–Trinajstić information content (AvgIpc) is 2.90. The standard InChI is InChI=1S/C28H17N5O/c29-17-22-19-32-27-10-5-20(3-4-21-2-1-13-31-18-21)16-26(27)28(22)33-23-6-8-24(9-7-23)34-25-11-14-30-15-12-25/h1-2,5-16,18-19H,(H,32,33). The van der Waals surface area contributed by atoms with Gasteiger partial charge in [-0.2, -0.15) is 5.26 Å². The molecule has 0 amide bonds. The van der Waals surface area contributed by atoms with E-state index in [-0.39, 0.29) is 0 Å². The van der Waals surface area contributed by atoms with Crippen LogP contribution in [0.2, 0.25) is 0 Å². The van der Waals surface area contributed by atoms with Gasteiger partial charge in [0.2, 0.25) is 0 Å². The van der Waals surface area contributed by atoms with Crippen molar-refractivity contribution in [2.24, 2.45) is 0 Å². The van der Waals surface area contributed by atoms with Gasteiger partial charge in [-0.05, 0) is 66.7 Å². The van der Waals surface area contributed by atoms with E-state index in [1.165, 1.54) is 0 Å². The highest BCUT2D eigenvalue weighted by Crippen LogP contribution is 2.31. The summed E-state index contributed by atoms with van der Waals surface area (Å²) in [5.41, 5.74) is 4.36. The fourth-order valence-electron chi connectivity index (χ4n) is 3.36. The summed E-state index contributed by atoms with van der Waals surface area (Å²) in [5.74, 6) is 7.69. The number of benzene rings is 2. The van der Waals surface area contributed by atoms with Gasteiger partial charge >= 0.3 is 0 Å². The molecule has 0 aliphatic heterocycles. The lowest BCUT2D eigenvalue weighted by atomic mass is 10.1. The van der Waals surface area contributed by atoms with Crippen molar-refractivity contribution in [2.75, 3.05) is 5.32 Å². The number of rotatable bonds is 4. The van der Waals surface area contributed by atoms with Crippen molar-refractivity contribution in [3.8, 4) is 29.4 Å². The second kappa shape index (κ2) is 9.52. The van der Waals surface area contributed by atoms with E-state index in [2.05, 4.69) is 38.2 Å². The Balaban J connectivity index is 1.46. The van der Waals surface area contributed by atoms with E-state index >= 15 is 0 Å². The SMILES string of the molecule is N#Cc1cnc2ccc(C#Cc3cccnc3)cc2c1Nc1ccc(Oc2ccncc2)cc1. The van der Waals surface area contributed by atoms with E-state index in [1.807, 2.05) is 54.6 Å². The van der Waals surface area contributed by atoms with Crippen LogP contribution in [-0.2, 0) is 0 Å². The molecule has 3 heterocycles. The third-order valence-electron chi connectivity index (χ3n) is 5.01. The maximum absolute atomic E-state index is 9.70. The Morgan fingerprint density at radius 3 is 2.32 bits per heavy atom. The van der Waals surface area contributed by atoms with Gasteiger partial charge in [0.1, 0.15) is 17.6 Å². The molecule has 0 saturated carbocycles. The van der Waals surface area contributed by atoms with E-state index in [0.717, 1.165) is 27.7 Å². The van der Waals surface area contributed by atoms with Crippen molar-refractivity contribution >= 4 is 22.3 Å². The lowest BCUT2D eigenvalue weighted by Gasteiger charge is -2.12. The van der Waals surface area contributed by atoms with Crippen LogP contribution in [0.1, 0.15) is 16.7 Å². The molecule has 34 heavy (non-hydrogen) atoms. The number of fused-ring (bicyclic) bond motifs is 1. The van der Waals surface area contributed by atoms with Crippen LogP contribution in [-0.4, -0.2) is 15.0 Å². The molecule has 1 N–H and O–H groups in total. The summed E-state index contributed by atoms with van der Waals surface area (Å²) in [5, 5.41) is 13.9. The van der Waals surface area contributed by atoms with Gasteiger partial charge in [-0.15, -0.1) is 0 Å². The summed E-state index contributed by atoms with van der Waals surface area (Å²) in [6.07, 6.45) is 8.37. The maximum Gasteiger partial charge on any atom is 0.130 e. The van der Waals surface area contributed by atoms with Crippen LogP contribution in [0.4, 0.5) is 11.4 Å². The van der Waals surface area contributed by atoms with E-state index in [1.54, 1.807) is 43.1 Å². The lowest BCUT2D eigenvalue weighted by Crippen LogP contribution is -1.97. The molecule has 5 rings (SSSR count). The highest BCUT2D eigenvalue weighted by molar-refractivity contribution is 5.96. The van der Waals surface area contributed by atoms with Crippen LogP contribution in [0.25, 0.3) is 10.9 Å². The summed E-state index contributed by atoms with van der Waals surface area (Å²) in [4.78, 5) is 12.5. The molecular weight excluding hydrogens is 422 g/mol. The van der Waals surface area contributed by atoms with Gasteiger partial charge in [-0.1, -0.05) is 11.8 Å². The Hall–Kier alpha value is -5.20. The number of ether oxygens (including phenoxy) is 1. The summed E-state index contributed by atoms with van der Waals surface area (Å²) in [6, 6.07) is 22.9. The van der Waals surface area contributed by atoms with E-state index in [4.69, 9.17) is 4.74 Å². The Morgan fingerprint density at radius 2 is 1.56 bits per heavy atom. The van der Waals surface area contributed by atoms with Gasteiger partial charge in [-0.3, -0.25) is 15.0 Å². The predicted molar refractivity (Wildman–Crippen MR) is 131 cm³/mol. The third-order valence-corrected chi connectivity index (χ3v) is 5.01. The first kappa shape index (κ1) is 20.7. The number of anilines is 2. The minimum atomic E-state index is 0.446. The maximum atomic E-state index is 9.70. The first-order valence-corrected chi connectivity index (χ1v) is 10.5. The van der Waals surface area contributed by atoms with Crippen molar-refractivity contribution < 1.29 is 4.74 Å². The number of pyridine rings is 3. The van der Waals surface area contributed by atoms with Gasteiger partial charge in [-0.25, -0.2) is 0 Å². The topological polar surface area (TPSA) is 83.7 Å². The second-order valence-corrected chi connectivity index (χ2v) is 7.32.